The quantitative estimate of drug-likeness (QED) is 0.274. The summed E-state index contributed by atoms with van der Waals surface area (Å²) in [5, 5.41) is 6.34. The monoisotopic (exact) mass is 497 g/mol. The number of nitrogens with zero attached hydrogens (tertiary/aromatic N) is 2. The van der Waals surface area contributed by atoms with Crippen molar-refractivity contribution in [3.8, 4) is 11.5 Å². The molecule has 0 bridgehead atoms. The molecule has 8 nitrogen and oxygen atoms in total. The van der Waals surface area contributed by atoms with E-state index in [0.717, 1.165) is 5.56 Å². The highest BCUT2D eigenvalue weighted by Gasteiger charge is 2.15. The fraction of sp³-hybridized carbons (Fsp3) is 0.143. The summed E-state index contributed by atoms with van der Waals surface area (Å²) in [4.78, 5) is 36.6. The van der Waals surface area contributed by atoms with Crippen molar-refractivity contribution in [1.82, 2.24) is 20.3 Å². The van der Waals surface area contributed by atoms with Gasteiger partial charge in [-0.2, -0.15) is 0 Å². The Bertz CT molecular complexity index is 1580. The number of carbonyl (C=O) groups is 2. The summed E-state index contributed by atoms with van der Waals surface area (Å²) in [5.74, 6) is 0.149. The van der Waals surface area contributed by atoms with E-state index in [0.29, 0.717) is 58.0 Å². The highest BCUT2D eigenvalue weighted by molar-refractivity contribution is 5.98. The smallest absolute Gasteiger partial charge is 0.268 e. The number of benzene rings is 2. The molecule has 0 atom stereocenters. The van der Waals surface area contributed by atoms with E-state index in [2.05, 4.69) is 25.6 Å². The van der Waals surface area contributed by atoms with Crippen molar-refractivity contribution in [2.24, 2.45) is 0 Å². The van der Waals surface area contributed by atoms with E-state index in [1.54, 1.807) is 43.6 Å². The van der Waals surface area contributed by atoms with Gasteiger partial charge in [-0.3, -0.25) is 14.6 Å². The van der Waals surface area contributed by atoms with Crippen LogP contribution in [0, 0.1) is 12.7 Å². The van der Waals surface area contributed by atoms with E-state index in [4.69, 9.17) is 4.42 Å². The summed E-state index contributed by atoms with van der Waals surface area (Å²) in [5.41, 5.74) is 3.92. The Morgan fingerprint density at radius 3 is 2.81 bits per heavy atom. The number of aromatic nitrogens is 3. The largest absolute Gasteiger partial charge is 0.441 e. The van der Waals surface area contributed by atoms with Crippen LogP contribution >= 0.6 is 0 Å². The second-order valence-electron chi connectivity index (χ2n) is 8.61. The van der Waals surface area contributed by atoms with E-state index in [-0.39, 0.29) is 24.2 Å². The first-order valence-electron chi connectivity index (χ1n) is 11.8. The number of pyridine rings is 1. The minimum atomic E-state index is -0.363. The van der Waals surface area contributed by atoms with Crippen molar-refractivity contribution in [1.29, 1.82) is 0 Å². The molecular formula is C28H24FN5O3. The number of aromatic amines is 1. The third-order valence-corrected chi connectivity index (χ3v) is 5.89. The van der Waals surface area contributed by atoms with E-state index < -0.39 is 0 Å². The van der Waals surface area contributed by atoms with Crippen molar-refractivity contribution in [2.45, 2.75) is 26.3 Å². The highest BCUT2D eigenvalue weighted by atomic mass is 19.1. The summed E-state index contributed by atoms with van der Waals surface area (Å²) >= 11 is 0. The van der Waals surface area contributed by atoms with Gasteiger partial charge in [0.15, 0.2) is 0 Å². The first kappa shape index (κ1) is 23.9. The molecule has 0 unspecified atom stereocenters. The molecule has 0 spiro atoms. The minimum absolute atomic E-state index is 0.104. The molecule has 3 aromatic heterocycles. The second-order valence-corrected chi connectivity index (χ2v) is 8.61. The Morgan fingerprint density at radius 1 is 1.08 bits per heavy atom. The van der Waals surface area contributed by atoms with Gasteiger partial charge >= 0.3 is 0 Å². The third kappa shape index (κ3) is 5.72. The standard InChI is InChI=1S/C28H24FN5O3/c1-17-25(16-31-27(36)24-14-20-12-21(29)8-9-23(20)33-24)34-28(37-17)19-5-2-6-22(13-19)32-26(35)10-7-18-4-3-11-30-15-18/h2-6,8-9,11-15,33H,7,10,16H2,1H3,(H,31,36)(H,32,35). The number of nitrogens with one attached hydrogen (secondary N) is 3. The molecule has 0 aliphatic carbocycles. The lowest BCUT2D eigenvalue weighted by atomic mass is 10.1. The van der Waals surface area contributed by atoms with Crippen LogP contribution in [0.2, 0.25) is 0 Å². The number of fused-ring (bicyclic) bond motifs is 1. The van der Waals surface area contributed by atoms with Crippen LogP contribution in [-0.4, -0.2) is 26.8 Å². The normalized spacial score (nSPS) is 11.0. The van der Waals surface area contributed by atoms with Crippen LogP contribution < -0.4 is 10.6 Å². The van der Waals surface area contributed by atoms with Gasteiger partial charge in [0, 0.05) is 41.0 Å². The lowest BCUT2D eigenvalue weighted by Gasteiger charge is -2.06. The molecule has 0 saturated heterocycles. The minimum Gasteiger partial charge on any atom is -0.441 e. The molecule has 9 heteroatoms. The number of anilines is 1. The van der Waals surface area contributed by atoms with Crippen LogP contribution in [0.25, 0.3) is 22.4 Å². The van der Waals surface area contributed by atoms with Gasteiger partial charge in [-0.15, -0.1) is 0 Å². The maximum atomic E-state index is 13.4. The maximum Gasteiger partial charge on any atom is 0.268 e. The van der Waals surface area contributed by atoms with Crippen LogP contribution in [0.15, 0.2) is 77.5 Å². The first-order valence-corrected chi connectivity index (χ1v) is 11.8. The number of rotatable bonds is 8. The number of amides is 2. The first-order chi connectivity index (χ1) is 17.9. The van der Waals surface area contributed by atoms with Crippen LogP contribution in [0.4, 0.5) is 10.1 Å². The van der Waals surface area contributed by atoms with E-state index in [9.17, 15) is 14.0 Å². The third-order valence-electron chi connectivity index (χ3n) is 5.89. The van der Waals surface area contributed by atoms with Crippen LogP contribution in [0.3, 0.4) is 0 Å². The second kappa shape index (κ2) is 10.4. The SMILES string of the molecule is Cc1oc(-c2cccc(NC(=O)CCc3cccnc3)c2)nc1CNC(=O)c1cc2cc(F)ccc2[nH]1. The average Bonchev–Trinajstić information content (AvgIpc) is 3.50. The number of H-pyrrole nitrogens is 1. The van der Waals surface area contributed by atoms with E-state index >= 15 is 0 Å². The molecule has 2 amide bonds. The zero-order chi connectivity index (χ0) is 25.8. The zero-order valence-corrected chi connectivity index (χ0v) is 20.0. The molecule has 0 saturated carbocycles. The van der Waals surface area contributed by atoms with Gasteiger partial charge in [0.05, 0.1) is 6.54 Å². The van der Waals surface area contributed by atoms with Gasteiger partial charge in [0.1, 0.15) is 23.0 Å². The molecule has 3 heterocycles. The van der Waals surface area contributed by atoms with Gasteiger partial charge in [-0.05, 0) is 67.4 Å². The predicted molar refractivity (Wildman–Crippen MR) is 137 cm³/mol. The Morgan fingerprint density at radius 2 is 1.97 bits per heavy atom. The molecule has 2 aromatic carbocycles. The fourth-order valence-corrected chi connectivity index (χ4v) is 3.96. The molecule has 3 N–H and O–H groups in total. The molecule has 0 aliphatic heterocycles. The summed E-state index contributed by atoms with van der Waals surface area (Å²) in [6.07, 6.45) is 4.39. The Labute approximate surface area is 212 Å². The summed E-state index contributed by atoms with van der Waals surface area (Å²) in [7, 11) is 0. The number of carbonyl (C=O) groups excluding carboxylic acids is 2. The summed E-state index contributed by atoms with van der Waals surface area (Å²) in [6.45, 7) is 1.93. The topological polar surface area (TPSA) is 113 Å². The average molecular weight is 498 g/mol. The summed E-state index contributed by atoms with van der Waals surface area (Å²) in [6, 6.07) is 16.9. The number of hydrogen-bond acceptors (Lipinski definition) is 5. The number of hydrogen-bond donors (Lipinski definition) is 3. The Balaban J connectivity index is 1.21. The van der Waals surface area contributed by atoms with Gasteiger partial charge in [0.25, 0.3) is 5.91 Å². The van der Waals surface area contributed by atoms with Gasteiger partial charge in [-0.25, -0.2) is 9.37 Å². The molecule has 37 heavy (non-hydrogen) atoms. The number of aryl methyl sites for hydroxylation is 2. The molecule has 186 valence electrons. The lowest BCUT2D eigenvalue weighted by Crippen LogP contribution is -2.23. The molecule has 5 rings (SSSR count). The zero-order valence-electron chi connectivity index (χ0n) is 20.0. The van der Waals surface area contributed by atoms with E-state index in [1.807, 2.05) is 24.3 Å². The van der Waals surface area contributed by atoms with Gasteiger partial charge in [-0.1, -0.05) is 12.1 Å². The maximum absolute atomic E-state index is 13.4. The molecular weight excluding hydrogens is 473 g/mol. The highest BCUT2D eigenvalue weighted by Crippen LogP contribution is 2.25. The van der Waals surface area contributed by atoms with Crippen molar-refractivity contribution in [2.75, 3.05) is 5.32 Å². The summed E-state index contributed by atoms with van der Waals surface area (Å²) < 4.78 is 19.3. The van der Waals surface area contributed by atoms with Crippen LogP contribution in [-0.2, 0) is 17.8 Å². The molecule has 5 aromatic rings. The van der Waals surface area contributed by atoms with E-state index in [1.165, 1.54) is 12.1 Å². The van der Waals surface area contributed by atoms with Crippen molar-refractivity contribution in [3.05, 3.63) is 102 Å². The van der Waals surface area contributed by atoms with Crippen molar-refractivity contribution in [3.63, 3.8) is 0 Å². The molecule has 0 radical (unpaired) electrons. The van der Waals surface area contributed by atoms with Crippen molar-refractivity contribution >= 4 is 28.4 Å². The Hall–Kier alpha value is -4.79. The van der Waals surface area contributed by atoms with Crippen molar-refractivity contribution < 1.29 is 18.4 Å². The predicted octanol–water partition coefficient (Wildman–Crippen LogP) is 5.17. The van der Waals surface area contributed by atoms with Crippen LogP contribution in [0.1, 0.15) is 33.9 Å². The molecule has 0 fully saturated rings. The van der Waals surface area contributed by atoms with Gasteiger partial charge in [0.2, 0.25) is 11.8 Å². The number of halogens is 1. The van der Waals surface area contributed by atoms with Gasteiger partial charge < -0.3 is 20.0 Å². The Kier molecular flexibility index (Phi) is 6.76. The fourth-order valence-electron chi connectivity index (χ4n) is 3.96. The molecule has 0 aliphatic rings. The number of oxazole rings is 1. The van der Waals surface area contributed by atoms with Crippen LogP contribution in [0.5, 0.6) is 0 Å². The lowest BCUT2D eigenvalue weighted by molar-refractivity contribution is -0.116.